The average Bonchev–Trinajstić information content (AvgIpc) is 3.29. The third-order valence-electron chi connectivity index (χ3n) is 4.00. The van der Waals surface area contributed by atoms with Crippen LogP contribution in [0.1, 0.15) is 21.7 Å². The Morgan fingerprint density at radius 3 is 2.77 bits per heavy atom. The van der Waals surface area contributed by atoms with E-state index in [1.165, 1.54) is 0 Å². The molecule has 0 unspecified atom stereocenters. The molecule has 0 saturated carbocycles. The fourth-order valence-corrected chi connectivity index (χ4v) is 2.69. The molecule has 0 bridgehead atoms. The number of allylic oxidation sites excluding steroid dienone is 1. The van der Waals surface area contributed by atoms with E-state index in [0.717, 1.165) is 11.3 Å². The summed E-state index contributed by atoms with van der Waals surface area (Å²) < 4.78 is 21.9. The first-order valence-corrected chi connectivity index (χ1v) is 8.10. The lowest BCUT2D eigenvalue weighted by atomic mass is 10.1. The molecule has 0 atom stereocenters. The molecule has 0 fully saturated rings. The smallest absolute Gasteiger partial charge is 0.232 e. The predicted octanol–water partition coefficient (Wildman–Crippen LogP) is 4.48. The molecule has 130 valence electrons. The van der Waals surface area contributed by atoms with Crippen molar-refractivity contribution in [3.05, 3.63) is 83.5 Å². The van der Waals surface area contributed by atoms with Crippen molar-refractivity contribution in [2.24, 2.45) is 0 Å². The molecule has 1 aromatic heterocycles. The quantitative estimate of drug-likeness (QED) is 0.636. The number of ketones is 1. The van der Waals surface area contributed by atoms with Gasteiger partial charge < -0.3 is 18.6 Å². The van der Waals surface area contributed by atoms with E-state index < -0.39 is 0 Å². The van der Waals surface area contributed by atoms with E-state index in [4.69, 9.17) is 18.6 Å². The van der Waals surface area contributed by atoms with Crippen LogP contribution >= 0.6 is 0 Å². The summed E-state index contributed by atoms with van der Waals surface area (Å²) in [5, 5.41) is 0. The topological polar surface area (TPSA) is 57.9 Å². The van der Waals surface area contributed by atoms with Gasteiger partial charge in [-0.2, -0.15) is 0 Å². The van der Waals surface area contributed by atoms with Gasteiger partial charge in [-0.25, -0.2) is 0 Å². The number of fused-ring (bicyclic) bond motifs is 1. The van der Waals surface area contributed by atoms with Crippen LogP contribution in [0.25, 0.3) is 6.08 Å². The summed E-state index contributed by atoms with van der Waals surface area (Å²) in [6.07, 6.45) is 3.13. The number of benzene rings is 2. The minimum absolute atomic E-state index is 0.171. The molecule has 1 aliphatic rings. The minimum Gasteiger partial charge on any atom is -0.497 e. The number of carbonyl (C=O) groups is 1. The van der Waals surface area contributed by atoms with Gasteiger partial charge in [-0.1, -0.05) is 12.1 Å². The summed E-state index contributed by atoms with van der Waals surface area (Å²) in [5.74, 6) is 2.52. The minimum atomic E-state index is -0.171. The predicted molar refractivity (Wildman–Crippen MR) is 95.4 cm³/mol. The molecule has 26 heavy (non-hydrogen) atoms. The third-order valence-corrected chi connectivity index (χ3v) is 4.00. The molecular formula is C21H16O5. The van der Waals surface area contributed by atoms with Crippen LogP contribution in [-0.4, -0.2) is 12.9 Å². The van der Waals surface area contributed by atoms with Gasteiger partial charge in [0.25, 0.3) is 0 Å². The zero-order chi connectivity index (χ0) is 17.9. The molecule has 0 spiro atoms. The Bertz CT molecular complexity index is 970. The van der Waals surface area contributed by atoms with Crippen LogP contribution in [0, 0.1) is 0 Å². The highest BCUT2D eigenvalue weighted by Gasteiger charge is 2.28. The number of Topliss-reactive ketones (excluding diaryl/α,β-unsaturated/α-hetero) is 1. The molecule has 5 heteroatoms. The molecule has 5 nitrogen and oxygen atoms in total. The molecule has 2 aromatic carbocycles. The molecule has 0 N–H and O–H groups in total. The molecule has 0 saturated heterocycles. The average molecular weight is 348 g/mol. The molecule has 0 radical (unpaired) electrons. The van der Waals surface area contributed by atoms with Crippen LogP contribution in [-0.2, 0) is 6.61 Å². The summed E-state index contributed by atoms with van der Waals surface area (Å²) in [5.41, 5.74) is 1.50. The zero-order valence-corrected chi connectivity index (χ0v) is 14.1. The van der Waals surface area contributed by atoms with Crippen LogP contribution in [0.15, 0.2) is 71.0 Å². The van der Waals surface area contributed by atoms with Gasteiger partial charge in [-0.15, -0.1) is 0 Å². The van der Waals surface area contributed by atoms with Gasteiger partial charge in [0, 0.05) is 12.1 Å². The molecular weight excluding hydrogens is 332 g/mol. The first-order valence-electron chi connectivity index (χ1n) is 8.10. The van der Waals surface area contributed by atoms with E-state index in [0.29, 0.717) is 29.4 Å². The highest BCUT2D eigenvalue weighted by molar-refractivity contribution is 6.14. The van der Waals surface area contributed by atoms with Crippen molar-refractivity contribution in [3.8, 4) is 17.2 Å². The summed E-state index contributed by atoms with van der Waals surface area (Å²) in [7, 11) is 1.63. The fourth-order valence-electron chi connectivity index (χ4n) is 2.69. The second kappa shape index (κ2) is 6.80. The number of rotatable bonds is 5. The molecule has 3 aromatic rings. The summed E-state index contributed by atoms with van der Waals surface area (Å²) in [6, 6.07) is 16.4. The Kier molecular flexibility index (Phi) is 4.19. The van der Waals surface area contributed by atoms with E-state index >= 15 is 0 Å². The van der Waals surface area contributed by atoms with Gasteiger partial charge >= 0.3 is 0 Å². The monoisotopic (exact) mass is 348 g/mol. The lowest BCUT2D eigenvalue weighted by Crippen LogP contribution is -1.97. The van der Waals surface area contributed by atoms with E-state index in [-0.39, 0.29) is 11.5 Å². The molecule has 1 aliphatic heterocycles. The Hall–Kier alpha value is -3.47. The van der Waals surface area contributed by atoms with E-state index in [1.807, 2.05) is 24.3 Å². The maximum Gasteiger partial charge on any atom is 0.232 e. The first-order chi connectivity index (χ1) is 12.7. The third kappa shape index (κ3) is 3.19. The van der Waals surface area contributed by atoms with Gasteiger partial charge in [0.2, 0.25) is 5.78 Å². The van der Waals surface area contributed by atoms with Crippen LogP contribution < -0.4 is 14.2 Å². The van der Waals surface area contributed by atoms with E-state index in [9.17, 15) is 4.79 Å². The largest absolute Gasteiger partial charge is 0.497 e. The van der Waals surface area contributed by atoms with Gasteiger partial charge in [-0.05, 0) is 42.0 Å². The number of furan rings is 1. The van der Waals surface area contributed by atoms with E-state index in [2.05, 4.69) is 0 Å². The number of methoxy groups -OCH3 is 1. The molecule has 4 rings (SSSR count). The van der Waals surface area contributed by atoms with Crippen LogP contribution in [0.3, 0.4) is 0 Å². The van der Waals surface area contributed by atoms with Crippen molar-refractivity contribution in [2.45, 2.75) is 6.61 Å². The van der Waals surface area contributed by atoms with Crippen molar-refractivity contribution >= 4 is 11.9 Å². The summed E-state index contributed by atoms with van der Waals surface area (Å²) >= 11 is 0. The highest BCUT2D eigenvalue weighted by atomic mass is 16.5. The first kappa shape index (κ1) is 16.0. The zero-order valence-electron chi connectivity index (χ0n) is 14.1. The normalized spacial score (nSPS) is 14.2. The van der Waals surface area contributed by atoms with Crippen LogP contribution in [0.4, 0.5) is 0 Å². The number of carbonyl (C=O) groups excluding carboxylic acids is 1. The molecule has 2 heterocycles. The lowest BCUT2D eigenvalue weighted by molar-refractivity contribution is 0.101. The van der Waals surface area contributed by atoms with Crippen molar-refractivity contribution < 1.29 is 23.4 Å². The SMILES string of the molecule is COc1cccc(COc2ccc3c(c2)O/C(=C\c2ccco2)C3=O)c1. The van der Waals surface area contributed by atoms with Crippen molar-refractivity contribution in [1.29, 1.82) is 0 Å². The fraction of sp³-hybridized carbons (Fsp3) is 0.0952. The maximum atomic E-state index is 12.4. The second-order valence-electron chi connectivity index (χ2n) is 5.75. The van der Waals surface area contributed by atoms with Crippen LogP contribution in [0.5, 0.6) is 17.2 Å². The second-order valence-corrected chi connectivity index (χ2v) is 5.75. The van der Waals surface area contributed by atoms with Gasteiger partial charge in [0.15, 0.2) is 5.76 Å². The lowest BCUT2D eigenvalue weighted by Gasteiger charge is -2.08. The Morgan fingerprint density at radius 2 is 1.96 bits per heavy atom. The van der Waals surface area contributed by atoms with Gasteiger partial charge in [0.05, 0.1) is 18.9 Å². The standard InChI is InChI=1S/C21H16O5/c1-23-15-5-2-4-14(10-15)13-25-17-7-8-18-19(11-17)26-20(21(18)22)12-16-6-3-9-24-16/h2-12H,13H2,1H3/b20-12-. The molecule has 0 aliphatic carbocycles. The Labute approximate surface area is 150 Å². The maximum absolute atomic E-state index is 12.4. The van der Waals surface area contributed by atoms with Crippen molar-refractivity contribution in [3.63, 3.8) is 0 Å². The number of hydrogen-bond donors (Lipinski definition) is 0. The highest BCUT2D eigenvalue weighted by Crippen LogP contribution is 2.35. The number of ether oxygens (including phenoxy) is 3. The van der Waals surface area contributed by atoms with Gasteiger partial charge in [0.1, 0.15) is 29.6 Å². The summed E-state index contributed by atoms with van der Waals surface area (Å²) in [6.45, 7) is 0.388. The Balaban J connectivity index is 1.49. The van der Waals surface area contributed by atoms with Gasteiger partial charge in [-0.3, -0.25) is 4.79 Å². The van der Waals surface area contributed by atoms with Crippen molar-refractivity contribution in [2.75, 3.05) is 7.11 Å². The van der Waals surface area contributed by atoms with Crippen LogP contribution in [0.2, 0.25) is 0 Å². The summed E-state index contributed by atoms with van der Waals surface area (Å²) in [4.78, 5) is 12.4. The van der Waals surface area contributed by atoms with Crippen molar-refractivity contribution in [1.82, 2.24) is 0 Å². The Morgan fingerprint density at radius 1 is 1.04 bits per heavy atom. The molecule has 0 amide bonds. The van der Waals surface area contributed by atoms with E-state index in [1.54, 1.807) is 49.8 Å². The number of hydrogen-bond acceptors (Lipinski definition) is 5.